The molecule has 0 aliphatic heterocycles. The van der Waals surface area contributed by atoms with Gasteiger partial charge in [-0.1, -0.05) is 66.2 Å². The molecule has 4 rings (SSSR count). The topological polar surface area (TPSA) is 70.4 Å². The number of aliphatic hydroxyl groups is 1. The number of aryl methyl sites for hydroxylation is 1. The first-order valence-corrected chi connectivity index (χ1v) is 10.7. The fourth-order valence-electron chi connectivity index (χ4n) is 3.66. The van der Waals surface area contributed by atoms with Crippen LogP contribution in [-0.2, 0) is 6.42 Å². The van der Waals surface area contributed by atoms with Crippen molar-refractivity contribution in [1.82, 2.24) is 4.98 Å². The van der Waals surface area contributed by atoms with Gasteiger partial charge in [0.05, 0.1) is 22.9 Å². The molecule has 5 heteroatoms. The molecule has 0 fully saturated rings. The Kier molecular flexibility index (Phi) is 6.64. The van der Waals surface area contributed by atoms with Crippen molar-refractivity contribution < 1.29 is 15.0 Å². The van der Waals surface area contributed by atoms with Crippen molar-refractivity contribution >= 4 is 40.6 Å². The van der Waals surface area contributed by atoms with Gasteiger partial charge in [-0.3, -0.25) is 0 Å². The largest absolute Gasteiger partial charge is 0.478 e. The van der Waals surface area contributed by atoms with E-state index in [2.05, 4.69) is 4.98 Å². The van der Waals surface area contributed by atoms with E-state index in [-0.39, 0.29) is 5.56 Å². The lowest BCUT2D eigenvalue weighted by Crippen LogP contribution is -2.05. The van der Waals surface area contributed by atoms with Crippen molar-refractivity contribution in [2.24, 2.45) is 0 Å². The molecule has 0 saturated carbocycles. The van der Waals surface area contributed by atoms with Gasteiger partial charge in [0.1, 0.15) is 0 Å². The van der Waals surface area contributed by atoms with E-state index in [1.807, 2.05) is 72.8 Å². The van der Waals surface area contributed by atoms with Gasteiger partial charge < -0.3 is 10.2 Å². The summed E-state index contributed by atoms with van der Waals surface area (Å²) < 4.78 is 0. The number of carbonyl (C=O) groups is 1. The molecule has 2 N–H and O–H groups in total. The number of hydrogen-bond acceptors (Lipinski definition) is 3. The van der Waals surface area contributed by atoms with Gasteiger partial charge >= 0.3 is 5.97 Å². The number of fused-ring (bicyclic) bond motifs is 1. The van der Waals surface area contributed by atoms with E-state index in [4.69, 9.17) is 11.6 Å². The number of pyridine rings is 1. The lowest BCUT2D eigenvalue weighted by atomic mass is 9.97. The molecule has 1 heterocycles. The molecule has 32 heavy (non-hydrogen) atoms. The van der Waals surface area contributed by atoms with Gasteiger partial charge in [0.2, 0.25) is 0 Å². The van der Waals surface area contributed by atoms with Crippen LogP contribution in [0.5, 0.6) is 0 Å². The third-order valence-electron chi connectivity index (χ3n) is 5.35. The molecule has 4 nitrogen and oxygen atoms in total. The van der Waals surface area contributed by atoms with Crippen LogP contribution in [0, 0.1) is 0 Å². The summed E-state index contributed by atoms with van der Waals surface area (Å²) in [6.07, 6.45) is 4.10. The zero-order valence-corrected chi connectivity index (χ0v) is 18.0. The van der Waals surface area contributed by atoms with Crippen LogP contribution >= 0.6 is 11.6 Å². The Morgan fingerprint density at radius 3 is 2.62 bits per heavy atom. The van der Waals surface area contributed by atoms with Gasteiger partial charge in [0.15, 0.2) is 0 Å². The number of aromatic nitrogens is 1. The Labute approximate surface area is 191 Å². The summed E-state index contributed by atoms with van der Waals surface area (Å²) in [7, 11) is 0. The predicted octanol–water partition coefficient (Wildman–Crippen LogP) is 6.42. The average molecular weight is 444 g/mol. The number of benzene rings is 3. The Morgan fingerprint density at radius 1 is 0.969 bits per heavy atom. The van der Waals surface area contributed by atoms with Gasteiger partial charge in [0, 0.05) is 10.4 Å². The summed E-state index contributed by atoms with van der Waals surface area (Å²) in [4.78, 5) is 16.0. The van der Waals surface area contributed by atoms with E-state index in [9.17, 15) is 15.0 Å². The summed E-state index contributed by atoms with van der Waals surface area (Å²) in [5.41, 5.74) is 4.39. The van der Waals surface area contributed by atoms with Crippen LogP contribution in [0.1, 0.15) is 45.3 Å². The van der Waals surface area contributed by atoms with Gasteiger partial charge in [-0.15, -0.1) is 0 Å². The van der Waals surface area contributed by atoms with Crippen LogP contribution in [0.25, 0.3) is 23.1 Å². The van der Waals surface area contributed by atoms with E-state index in [1.165, 1.54) is 0 Å². The highest BCUT2D eigenvalue weighted by Crippen LogP contribution is 2.23. The number of aromatic carboxylic acids is 1. The van der Waals surface area contributed by atoms with Crippen LogP contribution < -0.4 is 0 Å². The molecule has 4 aromatic rings. The van der Waals surface area contributed by atoms with Crippen molar-refractivity contribution in [3.05, 3.63) is 112 Å². The van der Waals surface area contributed by atoms with Crippen LogP contribution in [0.4, 0.5) is 0 Å². The van der Waals surface area contributed by atoms with Crippen LogP contribution in [0.15, 0.2) is 78.9 Å². The van der Waals surface area contributed by atoms with Gasteiger partial charge in [-0.25, -0.2) is 9.78 Å². The fraction of sp³-hybridized carbons (Fsp3) is 0.111. The highest BCUT2D eigenvalue weighted by atomic mass is 35.5. The Bertz CT molecular complexity index is 1300. The minimum Gasteiger partial charge on any atom is -0.478 e. The van der Waals surface area contributed by atoms with Gasteiger partial charge in [-0.2, -0.15) is 0 Å². The molecule has 0 saturated heterocycles. The van der Waals surface area contributed by atoms with Gasteiger partial charge in [0.25, 0.3) is 0 Å². The van der Waals surface area contributed by atoms with Crippen LogP contribution in [-0.4, -0.2) is 21.2 Å². The van der Waals surface area contributed by atoms with Crippen molar-refractivity contribution in [3.63, 3.8) is 0 Å². The first-order chi connectivity index (χ1) is 15.5. The molecular weight excluding hydrogens is 422 g/mol. The first-order valence-electron chi connectivity index (χ1n) is 10.3. The number of aliphatic hydroxyl groups excluding tert-OH is 1. The molecule has 0 aliphatic carbocycles. The molecule has 1 unspecified atom stereocenters. The SMILES string of the molecule is O=C(O)c1ccccc1CCC(O)c1cccc(/C=C/c2ccc3ccc(Cl)cc3n2)c1. The second-order valence-electron chi connectivity index (χ2n) is 7.59. The van der Waals surface area contributed by atoms with Crippen molar-refractivity contribution in [2.45, 2.75) is 18.9 Å². The molecule has 160 valence electrons. The maximum Gasteiger partial charge on any atom is 0.335 e. The monoisotopic (exact) mass is 443 g/mol. The first kappa shape index (κ1) is 21.8. The molecule has 1 atom stereocenters. The number of carboxylic acid groups (broad SMARTS) is 1. The Balaban J connectivity index is 1.47. The Morgan fingerprint density at radius 2 is 1.78 bits per heavy atom. The number of halogens is 1. The maximum absolute atomic E-state index is 11.4. The normalized spacial score (nSPS) is 12.3. The molecular formula is C27H22ClNO3. The summed E-state index contributed by atoms with van der Waals surface area (Å²) in [6.45, 7) is 0. The average Bonchev–Trinajstić information content (AvgIpc) is 2.81. The smallest absolute Gasteiger partial charge is 0.335 e. The molecule has 3 aromatic carbocycles. The van der Waals surface area contributed by atoms with E-state index in [0.717, 1.165) is 33.3 Å². The third-order valence-corrected chi connectivity index (χ3v) is 5.59. The summed E-state index contributed by atoms with van der Waals surface area (Å²) in [5, 5.41) is 21.7. The summed E-state index contributed by atoms with van der Waals surface area (Å²) >= 11 is 6.07. The number of carboxylic acids is 1. The molecule has 0 spiro atoms. The number of rotatable bonds is 7. The van der Waals surface area contributed by atoms with E-state index < -0.39 is 12.1 Å². The zero-order chi connectivity index (χ0) is 22.5. The van der Waals surface area contributed by atoms with Crippen LogP contribution in [0.2, 0.25) is 5.02 Å². The number of hydrogen-bond donors (Lipinski definition) is 2. The standard InChI is InChI=1S/C27H22ClNO3/c28-22-12-9-20-10-14-23(29-25(20)17-22)13-8-18-4-3-6-21(16-18)26(30)15-11-19-5-1-2-7-24(19)27(31)32/h1-10,12-14,16-17,26,30H,11,15H2,(H,31,32)/b13-8+. The highest BCUT2D eigenvalue weighted by molar-refractivity contribution is 6.31. The predicted molar refractivity (Wildman–Crippen MR) is 129 cm³/mol. The third kappa shape index (κ3) is 5.22. The molecule has 0 bridgehead atoms. The van der Waals surface area contributed by atoms with Crippen molar-refractivity contribution in [3.8, 4) is 0 Å². The fourth-order valence-corrected chi connectivity index (χ4v) is 3.82. The van der Waals surface area contributed by atoms with Gasteiger partial charge in [-0.05, 0) is 65.9 Å². The molecule has 0 amide bonds. The highest BCUT2D eigenvalue weighted by Gasteiger charge is 2.12. The molecule has 1 aromatic heterocycles. The summed E-state index contributed by atoms with van der Waals surface area (Å²) in [5.74, 6) is -0.952. The zero-order valence-electron chi connectivity index (χ0n) is 17.3. The lowest BCUT2D eigenvalue weighted by molar-refractivity contribution is 0.0695. The molecule has 0 aliphatic rings. The van der Waals surface area contributed by atoms with E-state index in [1.54, 1.807) is 18.2 Å². The van der Waals surface area contributed by atoms with E-state index in [0.29, 0.717) is 17.9 Å². The maximum atomic E-state index is 11.4. The Hall–Kier alpha value is -3.47. The van der Waals surface area contributed by atoms with Crippen LogP contribution in [0.3, 0.4) is 0 Å². The summed E-state index contributed by atoms with van der Waals surface area (Å²) in [6, 6.07) is 24.2. The number of nitrogens with zero attached hydrogens (tertiary/aromatic N) is 1. The van der Waals surface area contributed by atoms with Crippen molar-refractivity contribution in [2.75, 3.05) is 0 Å². The second-order valence-corrected chi connectivity index (χ2v) is 8.03. The molecule has 0 radical (unpaired) electrons. The lowest BCUT2D eigenvalue weighted by Gasteiger charge is -2.13. The minimum atomic E-state index is -0.952. The second kappa shape index (κ2) is 9.77. The van der Waals surface area contributed by atoms with E-state index >= 15 is 0 Å². The van der Waals surface area contributed by atoms with Crippen molar-refractivity contribution in [1.29, 1.82) is 0 Å². The minimum absolute atomic E-state index is 0.278. The quantitative estimate of drug-likeness (QED) is 0.345.